The van der Waals surface area contributed by atoms with E-state index in [1.807, 2.05) is 6.20 Å². The van der Waals surface area contributed by atoms with Crippen LogP contribution in [0.15, 0.2) is 66.9 Å². The predicted octanol–water partition coefficient (Wildman–Crippen LogP) is 5.93. The van der Waals surface area contributed by atoms with E-state index in [2.05, 4.69) is 98.2 Å². The Morgan fingerprint density at radius 2 is 1.50 bits per heavy atom. The Morgan fingerprint density at radius 3 is 2.29 bits per heavy atom. The van der Waals surface area contributed by atoms with E-state index in [4.69, 9.17) is 4.98 Å². The Balaban J connectivity index is 1.69. The van der Waals surface area contributed by atoms with Gasteiger partial charge in [-0.25, -0.2) is 4.98 Å². The van der Waals surface area contributed by atoms with Crippen LogP contribution in [0, 0.1) is 18.3 Å². The Hall–Kier alpha value is -2.81. The lowest BCUT2D eigenvalue weighted by molar-refractivity contribution is 0.362. The van der Waals surface area contributed by atoms with Crippen molar-refractivity contribution in [1.29, 1.82) is 0 Å². The van der Waals surface area contributed by atoms with E-state index in [0.29, 0.717) is 5.92 Å². The van der Waals surface area contributed by atoms with Gasteiger partial charge in [-0.05, 0) is 48.2 Å². The fourth-order valence-electron chi connectivity index (χ4n) is 6.23. The van der Waals surface area contributed by atoms with Gasteiger partial charge in [-0.2, -0.15) is 0 Å². The second-order valence-electron chi connectivity index (χ2n) is 8.97. The SMILES string of the molecule is Cc1ccccc1N1c2ncccc2N2c3ccccc3C3(C)C(C)C3(C)C21. The molecule has 1 fully saturated rings. The predicted molar refractivity (Wildman–Crippen MR) is 115 cm³/mol. The summed E-state index contributed by atoms with van der Waals surface area (Å²) in [6.45, 7) is 9.56. The van der Waals surface area contributed by atoms with Crippen molar-refractivity contribution in [3.8, 4) is 0 Å². The highest BCUT2D eigenvalue weighted by Crippen LogP contribution is 2.78. The lowest BCUT2D eigenvalue weighted by atomic mass is 9.81. The van der Waals surface area contributed by atoms with Crippen LogP contribution in [0.4, 0.5) is 22.9 Å². The van der Waals surface area contributed by atoms with Gasteiger partial charge in [-0.3, -0.25) is 0 Å². The molecule has 2 aliphatic heterocycles. The summed E-state index contributed by atoms with van der Waals surface area (Å²) in [6, 6.07) is 22.0. The first-order valence-electron chi connectivity index (χ1n) is 10.2. The molecule has 4 atom stereocenters. The maximum Gasteiger partial charge on any atom is 0.158 e. The summed E-state index contributed by atoms with van der Waals surface area (Å²) in [5.41, 5.74) is 6.89. The van der Waals surface area contributed by atoms with Crippen molar-refractivity contribution in [2.24, 2.45) is 11.3 Å². The van der Waals surface area contributed by atoms with E-state index in [-0.39, 0.29) is 17.0 Å². The minimum absolute atomic E-state index is 0.143. The quantitative estimate of drug-likeness (QED) is 0.531. The molecule has 0 spiro atoms. The second kappa shape index (κ2) is 4.96. The van der Waals surface area contributed by atoms with E-state index >= 15 is 0 Å². The molecular weight excluding hydrogens is 342 g/mol. The monoisotopic (exact) mass is 367 g/mol. The third-order valence-corrected chi connectivity index (χ3v) is 8.18. The summed E-state index contributed by atoms with van der Waals surface area (Å²) < 4.78 is 0. The highest BCUT2D eigenvalue weighted by atomic mass is 15.5. The molecule has 4 unspecified atom stereocenters. The number of pyridine rings is 1. The molecule has 3 aromatic rings. The summed E-state index contributed by atoms with van der Waals surface area (Å²) in [5, 5.41) is 0. The van der Waals surface area contributed by atoms with Crippen LogP contribution in [0.3, 0.4) is 0 Å². The van der Waals surface area contributed by atoms with E-state index in [1.54, 1.807) is 0 Å². The molecule has 0 radical (unpaired) electrons. The minimum atomic E-state index is 0.143. The van der Waals surface area contributed by atoms with Gasteiger partial charge in [0.05, 0.1) is 5.69 Å². The first kappa shape index (κ1) is 16.2. The molecule has 1 saturated carbocycles. The standard InChI is InChI=1S/C25H25N3/c1-16-10-5-7-12-19(16)28-22-21(14-9-15-26-22)27-20-13-8-6-11-18(20)24(3)17(2)25(24,4)23(27)28/h5-15,17,23H,1-4H3. The Morgan fingerprint density at radius 1 is 0.821 bits per heavy atom. The van der Waals surface area contributed by atoms with Crippen molar-refractivity contribution >= 4 is 22.9 Å². The minimum Gasteiger partial charge on any atom is -0.316 e. The van der Waals surface area contributed by atoms with E-state index in [1.165, 1.54) is 28.2 Å². The lowest BCUT2D eigenvalue weighted by Crippen LogP contribution is -2.50. The summed E-state index contributed by atoms with van der Waals surface area (Å²) in [4.78, 5) is 9.92. The number of aryl methyl sites for hydroxylation is 1. The van der Waals surface area contributed by atoms with Gasteiger partial charge in [0, 0.05) is 28.4 Å². The lowest BCUT2D eigenvalue weighted by Gasteiger charge is -2.44. The number of nitrogens with zero attached hydrogens (tertiary/aromatic N) is 3. The summed E-state index contributed by atoms with van der Waals surface area (Å²) in [6.07, 6.45) is 2.15. The summed E-state index contributed by atoms with van der Waals surface area (Å²) in [5.74, 6) is 1.66. The number of rotatable bonds is 1. The van der Waals surface area contributed by atoms with Gasteiger partial charge in [0.2, 0.25) is 0 Å². The molecule has 3 aliphatic rings. The molecule has 3 heteroatoms. The van der Waals surface area contributed by atoms with Gasteiger partial charge in [-0.1, -0.05) is 57.2 Å². The topological polar surface area (TPSA) is 19.4 Å². The van der Waals surface area contributed by atoms with Crippen molar-refractivity contribution in [3.63, 3.8) is 0 Å². The normalized spacial score (nSPS) is 31.7. The number of aromatic nitrogens is 1. The molecule has 1 aliphatic carbocycles. The van der Waals surface area contributed by atoms with E-state index in [9.17, 15) is 0 Å². The molecule has 3 heterocycles. The van der Waals surface area contributed by atoms with Gasteiger partial charge in [0.25, 0.3) is 0 Å². The first-order valence-corrected chi connectivity index (χ1v) is 10.2. The van der Waals surface area contributed by atoms with Crippen molar-refractivity contribution in [1.82, 2.24) is 4.98 Å². The molecule has 2 aromatic carbocycles. The number of para-hydroxylation sites is 2. The highest BCUT2D eigenvalue weighted by molar-refractivity contribution is 5.90. The van der Waals surface area contributed by atoms with Crippen molar-refractivity contribution in [2.45, 2.75) is 39.3 Å². The largest absolute Gasteiger partial charge is 0.316 e. The molecule has 3 nitrogen and oxygen atoms in total. The third-order valence-electron chi connectivity index (χ3n) is 8.18. The van der Waals surface area contributed by atoms with Crippen LogP contribution in [-0.2, 0) is 5.41 Å². The molecular formula is C25H25N3. The first-order chi connectivity index (χ1) is 13.5. The molecule has 0 N–H and O–H groups in total. The van der Waals surface area contributed by atoms with Gasteiger partial charge in [0.15, 0.2) is 5.82 Å². The van der Waals surface area contributed by atoms with Crippen molar-refractivity contribution in [3.05, 3.63) is 78.0 Å². The number of anilines is 4. The van der Waals surface area contributed by atoms with E-state index < -0.39 is 0 Å². The van der Waals surface area contributed by atoms with Crippen LogP contribution in [-0.4, -0.2) is 11.1 Å². The van der Waals surface area contributed by atoms with E-state index in [0.717, 1.165) is 5.82 Å². The van der Waals surface area contributed by atoms with Crippen molar-refractivity contribution in [2.75, 3.05) is 9.80 Å². The average Bonchev–Trinajstić information content (AvgIpc) is 3.02. The average molecular weight is 367 g/mol. The number of fused-ring (bicyclic) bond motifs is 8. The Kier molecular flexibility index (Phi) is 2.87. The molecule has 140 valence electrons. The van der Waals surface area contributed by atoms with Gasteiger partial charge in [0.1, 0.15) is 6.17 Å². The molecule has 0 saturated heterocycles. The maximum absolute atomic E-state index is 4.87. The highest BCUT2D eigenvalue weighted by Gasteiger charge is 2.78. The van der Waals surface area contributed by atoms with Crippen LogP contribution in [0.2, 0.25) is 0 Å². The molecule has 6 rings (SSSR count). The Bertz CT molecular complexity index is 1120. The fraction of sp³-hybridized carbons (Fsp3) is 0.320. The third kappa shape index (κ3) is 1.57. The zero-order valence-electron chi connectivity index (χ0n) is 16.8. The molecule has 0 bridgehead atoms. The van der Waals surface area contributed by atoms with Gasteiger partial charge in [-0.15, -0.1) is 0 Å². The van der Waals surface area contributed by atoms with Gasteiger partial charge >= 0.3 is 0 Å². The Labute approximate surface area is 166 Å². The fourth-order valence-corrected chi connectivity index (χ4v) is 6.23. The zero-order chi connectivity index (χ0) is 19.3. The van der Waals surface area contributed by atoms with Crippen LogP contribution >= 0.6 is 0 Å². The maximum atomic E-state index is 4.87. The molecule has 28 heavy (non-hydrogen) atoms. The summed E-state index contributed by atoms with van der Waals surface area (Å²) >= 11 is 0. The number of benzene rings is 2. The van der Waals surface area contributed by atoms with Crippen LogP contribution in [0.5, 0.6) is 0 Å². The number of hydrogen-bond donors (Lipinski definition) is 0. The molecule has 1 aromatic heterocycles. The van der Waals surface area contributed by atoms with Crippen molar-refractivity contribution < 1.29 is 0 Å². The van der Waals surface area contributed by atoms with Gasteiger partial charge < -0.3 is 9.80 Å². The number of hydrogen-bond acceptors (Lipinski definition) is 3. The smallest absolute Gasteiger partial charge is 0.158 e. The van der Waals surface area contributed by atoms with Crippen LogP contribution in [0.1, 0.15) is 31.9 Å². The zero-order valence-corrected chi connectivity index (χ0v) is 16.8. The second-order valence-corrected chi connectivity index (χ2v) is 8.97. The molecule has 0 amide bonds. The summed E-state index contributed by atoms with van der Waals surface area (Å²) in [7, 11) is 0. The van der Waals surface area contributed by atoms with Crippen LogP contribution in [0.25, 0.3) is 0 Å². The van der Waals surface area contributed by atoms with Crippen LogP contribution < -0.4 is 9.80 Å².